The maximum atomic E-state index is 12.3. The zero-order chi connectivity index (χ0) is 14.4. The summed E-state index contributed by atoms with van der Waals surface area (Å²) in [5, 5.41) is 3.25. The summed E-state index contributed by atoms with van der Waals surface area (Å²) in [7, 11) is 1.05. The van der Waals surface area contributed by atoms with Crippen molar-refractivity contribution < 1.29 is 4.21 Å². The maximum absolute atomic E-state index is 12.3. The van der Waals surface area contributed by atoms with Crippen LogP contribution in [-0.4, -0.2) is 17.0 Å². The third kappa shape index (κ3) is 4.29. The molecule has 0 saturated heterocycles. The molecule has 0 aliphatic carbocycles. The van der Waals surface area contributed by atoms with Crippen molar-refractivity contribution in [1.82, 2.24) is 5.32 Å². The average Bonchev–Trinajstić information content (AvgIpc) is 2.45. The Balaban J connectivity index is 2.00. The number of aryl methyl sites for hydroxylation is 1. The van der Waals surface area contributed by atoms with E-state index in [2.05, 4.69) is 36.5 Å². The lowest BCUT2D eigenvalue weighted by atomic mass is 10.1. The Bertz CT molecular complexity index is 568. The van der Waals surface area contributed by atoms with Gasteiger partial charge >= 0.3 is 0 Å². The van der Waals surface area contributed by atoms with E-state index in [1.165, 1.54) is 11.1 Å². The summed E-state index contributed by atoms with van der Waals surface area (Å²) in [6, 6.07) is 18.6. The Morgan fingerprint density at radius 1 is 1.10 bits per heavy atom. The third-order valence-corrected chi connectivity index (χ3v) is 4.67. The lowest BCUT2D eigenvalue weighted by molar-refractivity contribution is 0.635. The van der Waals surface area contributed by atoms with Crippen LogP contribution in [0.5, 0.6) is 0 Å². The van der Waals surface area contributed by atoms with Crippen molar-refractivity contribution in [2.24, 2.45) is 0 Å². The van der Waals surface area contributed by atoms with Gasteiger partial charge in [-0.05, 0) is 25.1 Å². The largest absolute Gasteiger partial charge is 0.312 e. The maximum Gasteiger partial charge on any atom is 0.0486 e. The standard InChI is InChI=1S/C17H21NOS/c1-14-7-6-8-15(11-14)12-20(19)13-17(18-2)16-9-4-3-5-10-16/h3-11,17-18H,12-13H2,1-2H3. The van der Waals surface area contributed by atoms with Gasteiger partial charge in [-0.1, -0.05) is 60.2 Å². The van der Waals surface area contributed by atoms with Crippen LogP contribution in [-0.2, 0) is 16.6 Å². The minimum absolute atomic E-state index is 0.141. The van der Waals surface area contributed by atoms with E-state index >= 15 is 0 Å². The van der Waals surface area contributed by atoms with Crippen LogP contribution < -0.4 is 5.32 Å². The second kappa shape index (κ2) is 7.36. The molecule has 2 nitrogen and oxygen atoms in total. The van der Waals surface area contributed by atoms with Crippen LogP contribution in [0.25, 0.3) is 0 Å². The van der Waals surface area contributed by atoms with Gasteiger partial charge in [-0.3, -0.25) is 4.21 Å². The summed E-state index contributed by atoms with van der Waals surface area (Å²) >= 11 is 0. The molecule has 0 saturated carbocycles. The molecular weight excluding hydrogens is 266 g/mol. The van der Waals surface area contributed by atoms with Crippen LogP contribution in [0.3, 0.4) is 0 Å². The molecule has 20 heavy (non-hydrogen) atoms. The van der Waals surface area contributed by atoms with Gasteiger partial charge in [0.2, 0.25) is 0 Å². The summed E-state index contributed by atoms with van der Waals surface area (Å²) in [6.45, 7) is 2.06. The molecule has 3 heteroatoms. The Morgan fingerprint density at radius 2 is 1.85 bits per heavy atom. The van der Waals surface area contributed by atoms with Crippen LogP contribution in [0, 0.1) is 6.92 Å². The van der Waals surface area contributed by atoms with Gasteiger partial charge in [-0.25, -0.2) is 0 Å². The van der Waals surface area contributed by atoms with E-state index in [1.54, 1.807) is 0 Å². The first-order chi connectivity index (χ1) is 9.69. The van der Waals surface area contributed by atoms with Crippen molar-refractivity contribution in [3.05, 3.63) is 71.3 Å². The molecule has 0 fully saturated rings. The molecule has 0 spiro atoms. The second-order valence-electron chi connectivity index (χ2n) is 4.99. The van der Waals surface area contributed by atoms with Gasteiger partial charge < -0.3 is 5.32 Å². The molecule has 106 valence electrons. The van der Waals surface area contributed by atoms with Gasteiger partial charge in [0.15, 0.2) is 0 Å². The fourth-order valence-corrected chi connectivity index (χ4v) is 3.66. The zero-order valence-electron chi connectivity index (χ0n) is 12.0. The Kier molecular flexibility index (Phi) is 5.50. The monoisotopic (exact) mass is 287 g/mol. The van der Waals surface area contributed by atoms with Gasteiger partial charge in [0.1, 0.15) is 0 Å². The van der Waals surface area contributed by atoms with Gasteiger partial charge in [0.05, 0.1) is 0 Å². The predicted molar refractivity (Wildman–Crippen MR) is 86.1 cm³/mol. The molecule has 0 bridgehead atoms. The van der Waals surface area contributed by atoms with E-state index in [0.717, 1.165) is 5.56 Å². The average molecular weight is 287 g/mol. The molecule has 0 amide bonds. The molecule has 0 heterocycles. The molecule has 0 radical (unpaired) electrons. The van der Waals surface area contributed by atoms with E-state index in [-0.39, 0.29) is 6.04 Å². The lowest BCUT2D eigenvalue weighted by Crippen LogP contribution is -2.23. The normalized spacial score (nSPS) is 13.9. The summed E-state index contributed by atoms with van der Waals surface area (Å²) < 4.78 is 12.3. The second-order valence-corrected chi connectivity index (χ2v) is 6.49. The number of hydrogen-bond acceptors (Lipinski definition) is 2. The fourth-order valence-electron chi connectivity index (χ4n) is 2.26. The lowest BCUT2D eigenvalue weighted by Gasteiger charge is -2.16. The molecule has 0 aliphatic heterocycles. The topological polar surface area (TPSA) is 29.1 Å². The molecule has 2 aromatic carbocycles. The molecule has 2 aromatic rings. The van der Waals surface area contributed by atoms with E-state index in [4.69, 9.17) is 0 Å². The van der Waals surface area contributed by atoms with Crippen LogP contribution in [0.15, 0.2) is 54.6 Å². The van der Waals surface area contributed by atoms with Crippen molar-refractivity contribution >= 4 is 10.8 Å². The predicted octanol–water partition coefficient (Wildman–Crippen LogP) is 3.20. The first-order valence-electron chi connectivity index (χ1n) is 6.82. The first kappa shape index (κ1) is 14.9. The van der Waals surface area contributed by atoms with E-state index in [0.29, 0.717) is 11.5 Å². The molecule has 2 unspecified atom stereocenters. The van der Waals surface area contributed by atoms with E-state index < -0.39 is 10.8 Å². The molecule has 0 aromatic heterocycles. The fraction of sp³-hybridized carbons (Fsp3) is 0.294. The van der Waals surface area contributed by atoms with Crippen LogP contribution in [0.4, 0.5) is 0 Å². The highest BCUT2D eigenvalue weighted by atomic mass is 32.2. The van der Waals surface area contributed by atoms with Gasteiger partial charge in [0.25, 0.3) is 0 Å². The molecule has 1 N–H and O–H groups in total. The van der Waals surface area contributed by atoms with E-state index in [1.807, 2.05) is 37.4 Å². The quantitative estimate of drug-likeness (QED) is 0.884. The van der Waals surface area contributed by atoms with Crippen LogP contribution >= 0.6 is 0 Å². The Labute approximate surface area is 123 Å². The van der Waals surface area contributed by atoms with Crippen molar-refractivity contribution in [3.8, 4) is 0 Å². The van der Waals surface area contributed by atoms with Crippen molar-refractivity contribution in [2.75, 3.05) is 12.8 Å². The van der Waals surface area contributed by atoms with Crippen molar-refractivity contribution in [1.29, 1.82) is 0 Å². The smallest absolute Gasteiger partial charge is 0.0486 e. The SMILES string of the molecule is CNC(CS(=O)Cc1cccc(C)c1)c1ccccc1. The number of nitrogens with one attached hydrogen (secondary N) is 1. The minimum atomic E-state index is -0.872. The number of rotatable bonds is 6. The van der Waals surface area contributed by atoms with Crippen LogP contribution in [0.1, 0.15) is 22.7 Å². The van der Waals surface area contributed by atoms with Gasteiger partial charge in [0, 0.05) is 28.3 Å². The molecule has 2 rings (SSSR count). The Morgan fingerprint density at radius 3 is 2.50 bits per heavy atom. The number of hydrogen-bond donors (Lipinski definition) is 1. The summed E-state index contributed by atoms with van der Waals surface area (Å²) in [6.07, 6.45) is 0. The van der Waals surface area contributed by atoms with Crippen LogP contribution in [0.2, 0.25) is 0 Å². The minimum Gasteiger partial charge on any atom is -0.312 e. The van der Waals surface area contributed by atoms with Crippen molar-refractivity contribution in [3.63, 3.8) is 0 Å². The van der Waals surface area contributed by atoms with Gasteiger partial charge in [-0.15, -0.1) is 0 Å². The highest BCUT2D eigenvalue weighted by Gasteiger charge is 2.13. The summed E-state index contributed by atoms with van der Waals surface area (Å²) in [4.78, 5) is 0. The van der Waals surface area contributed by atoms with E-state index in [9.17, 15) is 4.21 Å². The third-order valence-electron chi connectivity index (χ3n) is 3.31. The summed E-state index contributed by atoms with van der Waals surface area (Å²) in [5.74, 6) is 1.25. The molecule has 2 atom stereocenters. The molecule has 0 aliphatic rings. The van der Waals surface area contributed by atoms with Gasteiger partial charge in [-0.2, -0.15) is 0 Å². The Hall–Kier alpha value is -1.45. The van der Waals surface area contributed by atoms with Crippen molar-refractivity contribution in [2.45, 2.75) is 18.7 Å². The molecular formula is C17H21NOS. The highest BCUT2D eigenvalue weighted by Crippen LogP contribution is 2.15. The first-order valence-corrected chi connectivity index (χ1v) is 8.30. The highest BCUT2D eigenvalue weighted by molar-refractivity contribution is 7.84. The summed E-state index contributed by atoms with van der Waals surface area (Å²) in [5.41, 5.74) is 3.55. The number of benzene rings is 2. The zero-order valence-corrected chi connectivity index (χ0v) is 12.8.